The van der Waals surface area contributed by atoms with Crippen LogP contribution in [0, 0.1) is 0 Å². The van der Waals surface area contributed by atoms with E-state index in [2.05, 4.69) is 0 Å². The first-order valence-electron chi connectivity index (χ1n) is 12.3. The van der Waals surface area contributed by atoms with Crippen LogP contribution in [0.4, 0.5) is 0 Å². The Kier molecular flexibility index (Phi) is 12.8. The molecule has 1 fully saturated rings. The molecule has 0 aliphatic carbocycles. The Morgan fingerprint density at radius 1 is 1.05 bits per heavy atom. The van der Waals surface area contributed by atoms with Gasteiger partial charge in [0.05, 0.1) is 20.1 Å². The third-order valence-corrected chi connectivity index (χ3v) is 5.57. The zero-order chi connectivity index (χ0) is 28.9. The number of aldehydes is 1. The second-order valence-corrected chi connectivity index (χ2v) is 8.69. The van der Waals surface area contributed by atoms with Crippen LogP contribution in [-0.4, -0.2) is 92.4 Å². The number of hydrogen-bond donors (Lipinski definition) is 1. The SMILES string of the molecule is COC(=O)C(CC(CCO)OC(C)=O)OCC1OC(Oc2ccc(C=O)cc2)CC(OC(C)=O)C1OC(C)=O. The summed E-state index contributed by atoms with van der Waals surface area (Å²) in [6, 6.07) is 6.20. The molecule has 0 aromatic heterocycles. The van der Waals surface area contributed by atoms with E-state index in [1.807, 2.05) is 0 Å². The highest BCUT2D eigenvalue weighted by molar-refractivity contribution is 5.75. The zero-order valence-electron chi connectivity index (χ0n) is 22.2. The second kappa shape index (κ2) is 15.8. The van der Waals surface area contributed by atoms with Gasteiger partial charge in [0, 0.05) is 45.8 Å². The van der Waals surface area contributed by atoms with E-state index < -0.39 is 60.7 Å². The van der Waals surface area contributed by atoms with E-state index in [0.29, 0.717) is 17.6 Å². The molecular weight excluding hydrogens is 520 g/mol. The molecule has 216 valence electrons. The van der Waals surface area contributed by atoms with E-state index in [0.717, 1.165) is 7.11 Å². The summed E-state index contributed by atoms with van der Waals surface area (Å²) in [7, 11) is 1.15. The van der Waals surface area contributed by atoms with Crippen LogP contribution >= 0.6 is 0 Å². The van der Waals surface area contributed by atoms with Crippen molar-refractivity contribution in [1.82, 2.24) is 0 Å². The predicted molar refractivity (Wildman–Crippen MR) is 130 cm³/mol. The zero-order valence-corrected chi connectivity index (χ0v) is 22.2. The van der Waals surface area contributed by atoms with E-state index >= 15 is 0 Å². The van der Waals surface area contributed by atoms with Gasteiger partial charge in [-0.25, -0.2) is 4.79 Å². The monoisotopic (exact) mass is 554 g/mol. The van der Waals surface area contributed by atoms with Gasteiger partial charge in [-0.15, -0.1) is 0 Å². The summed E-state index contributed by atoms with van der Waals surface area (Å²) in [6.45, 7) is 2.92. The highest BCUT2D eigenvalue weighted by Gasteiger charge is 2.45. The average Bonchev–Trinajstić information content (AvgIpc) is 2.87. The quantitative estimate of drug-likeness (QED) is 0.197. The molecule has 6 atom stereocenters. The van der Waals surface area contributed by atoms with Crippen molar-refractivity contribution in [3.8, 4) is 5.75 Å². The number of benzene rings is 1. The van der Waals surface area contributed by atoms with Crippen molar-refractivity contribution >= 4 is 30.2 Å². The van der Waals surface area contributed by atoms with Gasteiger partial charge in [-0.2, -0.15) is 0 Å². The molecule has 39 heavy (non-hydrogen) atoms. The van der Waals surface area contributed by atoms with E-state index in [1.54, 1.807) is 24.3 Å². The largest absolute Gasteiger partial charge is 0.467 e. The van der Waals surface area contributed by atoms with E-state index in [4.69, 9.17) is 33.2 Å². The van der Waals surface area contributed by atoms with E-state index in [1.165, 1.54) is 20.8 Å². The minimum Gasteiger partial charge on any atom is -0.467 e. The summed E-state index contributed by atoms with van der Waals surface area (Å²) in [6.07, 6.45) is -5.62. The van der Waals surface area contributed by atoms with Crippen molar-refractivity contribution < 1.29 is 62.2 Å². The number of ether oxygens (including phenoxy) is 7. The first kappa shape index (κ1) is 31.7. The minimum absolute atomic E-state index is 0.00505. The molecule has 13 nitrogen and oxygen atoms in total. The fourth-order valence-corrected chi connectivity index (χ4v) is 3.97. The Balaban J connectivity index is 2.26. The maximum atomic E-state index is 12.4. The molecule has 6 unspecified atom stereocenters. The van der Waals surface area contributed by atoms with Crippen molar-refractivity contribution in [3.63, 3.8) is 0 Å². The number of aliphatic hydroxyl groups is 1. The minimum atomic E-state index is -1.24. The Morgan fingerprint density at radius 2 is 1.72 bits per heavy atom. The van der Waals surface area contributed by atoms with Crippen LogP contribution in [0.15, 0.2) is 24.3 Å². The fraction of sp³-hybridized carbons (Fsp3) is 0.577. The molecule has 1 aromatic rings. The topological polar surface area (TPSA) is 170 Å². The molecule has 0 spiro atoms. The van der Waals surface area contributed by atoms with Crippen LogP contribution in [0.25, 0.3) is 0 Å². The Bertz CT molecular complexity index is 977. The van der Waals surface area contributed by atoms with Crippen molar-refractivity contribution in [3.05, 3.63) is 29.8 Å². The summed E-state index contributed by atoms with van der Waals surface area (Å²) < 4.78 is 38.4. The lowest BCUT2D eigenvalue weighted by molar-refractivity contribution is -0.249. The molecule has 2 rings (SSSR count). The molecule has 1 aromatic carbocycles. The van der Waals surface area contributed by atoms with Gasteiger partial charge in [0.1, 0.15) is 30.3 Å². The normalized spacial score (nSPS) is 22.1. The molecule has 13 heteroatoms. The molecule has 1 aliphatic heterocycles. The molecule has 0 saturated carbocycles. The Labute approximate surface area is 225 Å². The highest BCUT2D eigenvalue weighted by Crippen LogP contribution is 2.29. The Morgan fingerprint density at radius 3 is 2.26 bits per heavy atom. The molecule has 1 aliphatic rings. The molecular formula is C26H34O13. The van der Waals surface area contributed by atoms with Crippen LogP contribution in [-0.2, 0) is 47.6 Å². The summed E-state index contributed by atoms with van der Waals surface area (Å²) in [4.78, 5) is 58.5. The first-order chi connectivity index (χ1) is 18.6. The lowest BCUT2D eigenvalue weighted by atomic mass is 10.0. The van der Waals surface area contributed by atoms with Crippen molar-refractivity contribution in [1.29, 1.82) is 0 Å². The predicted octanol–water partition coefficient (Wildman–Crippen LogP) is 1.12. The van der Waals surface area contributed by atoms with Gasteiger partial charge >= 0.3 is 23.9 Å². The number of esters is 4. The smallest absolute Gasteiger partial charge is 0.335 e. The maximum Gasteiger partial charge on any atom is 0.335 e. The summed E-state index contributed by atoms with van der Waals surface area (Å²) in [5.74, 6) is -2.32. The lowest BCUT2D eigenvalue weighted by Crippen LogP contribution is -2.55. The van der Waals surface area contributed by atoms with Crippen LogP contribution in [0.2, 0.25) is 0 Å². The third kappa shape index (κ3) is 10.6. The van der Waals surface area contributed by atoms with Crippen molar-refractivity contribution in [2.75, 3.05) is 20.3 Å². The van der Waals surface area contributed by atoms with Crippen molar-refractivity contribution in [2.24, 2.45) is 0 Å². The molecule has 1 heterocycles. The highest BCUT2D eigenvalue weighted by atomic mass is 16.7. The van der Waals surface area contributed by atoms with Gasteiger partial charge in [-0.1, -0.05) is 0 Å². The van der Waals surface area contributed by atoms with Crippen LogP contribution in [0.3, 0.4) is 0 Å². The molecule has 0 radical (unpaired) electrons. The van der Waals surface area contributed by atoms with Gasteiger partial charge in [-0.3, -0.25) is 19.2 Å². The van der Waals surface area contributed by atoms with Crippen LogP contribution < -0.4 is 4.74 Å². The van der Waals surface area contributed by atoms with Gasteiger partial charge < -0.3 is 38.3 Å². The van der Waals surface area contributed by atoms with Gasteiger partial charge in [0.25, 0.3) is 0 Å². The summed E-state index contributed by atoms with van der Waals surface area (Å²) >= 11 is 0. The standard InChI is InChI=1S/C26H34O13/c1-15(29)35-20(9-10-27)11-22(26(32)33-4)34-14-23-25(37-17(3)31)21(36-16(2)30)12-24(39-23)38-19-7-5-18(13-28)6-8-19/h5-8,13,20-25,27H,9-12,14H2,1-4H3. The average molecular weight is 555 g/mol. The number of aliphatic hydroxyl groups excluding tert-OH is 1. The molecule has 1 saturated heterocycles. The number of carbonyl (C=O) groups excluding carboxylic acids is 5. The number of methoxy groups -OCH3 is 1. The first-order valence-corrected chi connectivity index (χ1v) is 12.3. The molecule has 0 bridgehead atoms. The second-order valence-electron chi connectivity index (χ2n) is 8.69. The van der Waals surface area contributed by atoms with Gasteiger partial charge in [-0.05, 0) is 24.3 Å². The van der Waals surface area contributed by atoms with Gasteiger partial charge in [0.15, 0.2) is 12.2 Å². The Hall–Kier alpha value is -3.55. The fourth-order valence-electron chi connectivity index (χ4n) is 3.97. The van der Waals surface area contributed by atoms with Gasteiger partial charge in [0.2, 0.25) is 6.29 Å². The third-order valence-electron chi connectivity index (χ3n) is 5.57. The van der Waals surface area contributed by atoms with Crippen LogP contribution in [0.1, 0.15) is 50.4 Å². The lowest BCUT2D eigenvalue weighted by Gasteiger charge is -2.40. The molecule has 1 N–H and O–H groups in total. The maximum absolute atomic E-state index is 12.4. The summed E-state index contributed by atoms with van der Waals surface area (Å²) in [5, 5.41) is 9.30. The number of carbonyl (C=O) groups is 5. The molecule has 0 amide bonds. The van der Waals surface area contributed by atoms with Crippen LogP contribution in [0.5, 0.6) is 5.75 Å². The van der Waals surface area contributed by atoms with Crippen molar-refractivity contribution in [2.45, 2.75) is 76.8 Å². The number of rotatable bonds is 14. The van der Waals surface area contributed by atoms with E-state index in [9.17, 15) is 29.1 Å². The van der Waals surface area contributed by atoms with E-state index in [-0.39, 0.29) is 32.5 Å². The summed E-state index contributed by atoms with van der Waals surface area (Å²) in [5.41, 5.74) is 0.438. The number of hydrogen-bond acceptors (Lipinski definition) is 13.